The van der Waals surface area contributed by atoms with E-state index in [1.807, 2.05) is 17.7 Å². The van der Waals surface area contributed by atoms with Gasteiger partial charge in [-0.05, 0) is 49.8 Å². The van der Waals surface area contributed by atoms with Crippen molar-refractivity contribution in [1.29, 1.82) is 0 Å². The number of amides is 1. The lowest BCUT2D eigenvalue weighted by molar-refractivity contribution is 0.0856. The van der Waals surface area contributed by atoms with Crippen molar-refractivity contribution in [2.24, 2.45) is 5.92 Å². The van der Waals surface area contributed by atoms with Gasteiger partial charge in [0.1, 0.15) is 0 Å². The van der Waals surface area contributed by atoms with Gasteiger partial charge in [0.25, 0.3) is 5.91 Å². The number of halogens is 2. The molecule has 5 nitrogen and oxygen atoms in total. The van der Waals surface area contributed by atoms with Crippen LogP contribution < -0.4 is 5.32 Å². The van der Waals surface area contributed by atoms with Crippen LogP contribution in [0, 0.1) is 5.92 Å². The number of carbonyl (C=O) groups is 1. The van der Waals surface area contributed by atoms with E-state index in [0.717, 1.165) is 42.9 Å². The molecule has 3 rings (SSSR count). The largest absolute Gasteiger partial charge is 0.376 e. The Morgan fingerprint density at radius 1 is 1.36 bits per heavy atom. The molecular weight excluding hydrogens is 397 g/mol. The molecule has 1 aliphatic heterocycles. The van der Waals surface area contributed by atoms with Crippen molar-refractivity contribution >= 4 is 29.1 Å². The van der Waals surface area contributed by atoms with Crippen molar-refractivity contribution in [2.75, 3.05) is 13.2 Å². The Morgan fingerprint density at radius 3 is 2.75 bits per heavy atom. The molecule has 0 unspecified atom stereocenters. The van der Waals surface area contributed by atoms with Gasteiger partial charge in [-0.25, -0.2) is 4.68 Å². The van der Waals surface area contributed by atoms with Gasteiger partial charge in [-0.3, -0.25) is 4.79 Å². The van der Waals surface area contributed by atoms with Crippen LogP contribution in [-0.2, 0) is 17.6 Å². The Hall–Kier alpha value is -1.56. The molecule has 1 amide bonds. The highest BCUT2D eigenvalue weighted by molar-refractivity contribution is 6.42. The summed E-state index contributed by atoms with van der Waals surface area (Å²) in [7, 11) is 0. The average molecular weight is 424 g/mol. The van der Waals surface area contributed by atoms with Crippen molar-refractivity contribution in [3.63, 3.8) is 0 Å². The summed E-state index contributed by atoms with van der Waals surface area (Å²) in [5.41, 5.74) is 3.15. The van der Waals surface area contributed by atoms with Gasteiger partial charge < -0.3 is 10.1 Å². The van der Waals surface area contributed by atoms with Crippen molar-refractivity contribution in [2.45, 2.75) is 52.6 Å². The van der Waals surface area contributed by atoms with Crippen LogP contribution >= 0.6 is 23.2 Å². The molecule has 152 valence electrons. The molecule has 0 aliphatic carbocycles. The van der Waals surface area contributed by atoms with Crippen LogP contribution in [0.15, 0.2) is 18.2 Å². The number of hydrogen-bond donors (Lipinski definition) is 1. The van der Waals surface area contributed by atoms with E-state index in [-0.39, 0.29) is 12.0 Å². The first kappa shape index (κ1) is 21.2. The SMILES string of the molecule is CCc1c(C(=O)NC[C@H]2CCCO2)c(CC(C)C)nn1-c1ccc(Cl)c(Cl)c1. The molecule has 1 N–H and O–H groups in total. The van der Waals surface area contributed by atoms with Gasteiger partial charge in [0.05, 0.1) is 38.8 Å². The van der Waals surface area contributed by atoms with Gasteiger partial charge in [0.15, 0.2) is 0 Å². The summed E-state index contributed by atoms with van der Waals surface area (Å²) in [6.07, 6.45) is 3.54. The number of nitrogens with one attached hydrogen (secondary N) is 1. The van der Waals surface area contributed by atoms with E-state index < -0.39 is 0 Å². The summed E-state index contributed by atoms with van der Waals surface area (Å²) in [4.78, 5) is 13.1. The Balaban J connectivity index is 1.96. The molecule has 1 aromatic carbocycles. The lowest BCUT2D eigenvalue weighted by Crippen LogP contribution is -2.32. The maximum Gasteiger partial charge on any atom is 0.255 e. The number of carbonyl (C=O) groups excluding carboxylic acids is 1. The minimum absolute atomic E-state index is 0.0886. The van der Waals surface area contributed by atoms with Gasteiger partial charge in [0, 0.05) is 13.2 Å². The molecule has 1 aromatic heterocycles. The summed E-state index contributed by atoms with van der Waals surface area (Å²) >= 11 is 12.3. The second-order valence-corrected chi connectivity index (χ2v) is 8.39. The second kappa shape index (κ2) is 9.29. The zero-order valence-corrected chi connectivity index (χ0v) is 18.1. The van der Waals surface area contributed by atoms with Gasteiger partial charge in [-0.15, -0.1) is 0 Å². The summed E-state index contributed by atoms with van der Waals surface area (Å²) in [5, 5.41) is 8.79. The summed E-state index contributed by atoms with van der Waals surface area (Å²) in [6, 6.07) is 5.40. The van der Waals surface area contributed by atoms with E-state index in [0.29, 0.717) is 34.5 Å². The van der Waals surface area contributed by atoms with Gasteiger partial charge >= 0.3 is 0 Å². The number of ether oxygens (including phenoxy) is 1. The number of aromatic nitrogens is 2. The maximum atomic E-state index is 13.1. The quantitative estimate of drug-likeness (QED) is 0.692. The van der Waals surface area contributed by atoms with E-state index >= 15 is 0 Å². The minimum atomic E-state index is -0.0886. The maximum absolute atomic E-state index is 13.1. The van der Waals surface area contributed by atoms with Gasteiger partial charge in [0.2, 0.25) is 0 Å². The Labute approximate surface area is 176 Å². The van der Waals surface area contributed by atoms with E-state index in [2.05, 4.69) is 19.2 Å². The fourth-order valence-corrected chi connectivity index (χ4v) is 3.84. The number of nitrogens with zero attached hydrogens (tertiary/aromatic N) is 2. The van der Waals surface area contributed by atoms with Crippen molar-refractivity contribution in [3.05, 3.63) is 45.2 Å². The third-order valence-electron chi connectivity index (χ3n) is 4.88. The van der Waals surface area contributed by atoms with Crippen LogP contribution in [-0.4, -0.2) is 34.9 Å². The average Bonchev–Trinajstić information content (AvgIpc) is 3.29. The van der Waals surface area contributed by atoms with Crippen molar-refractivity contribution in [3.8, 4) is 5.69 Å². The number of benzene rings is 1. The lowest BCUT2D eigenvalue weighted by atomic mass is 10.0. The monoisotopic (exact) mass is 423 g/mol. The lowest BCUT2D eigenvalue weighted by Gasteiger charge is -2.12. The number of rotatable bonds is 7. The van der Waals surface area contributed by atoms with Crippen LogP contribution in [0.25, 0.3) is 5.69 Å². The molecular formula is C21H27Cl2N3O2. The first-order valence-electron chi connectivity index (χ1n) is 9.86. The summed E-state index contributed by atoms with van der Waals surface area (Å²) in [5.74, 6) is 0.292. The molecule has 1 atom stereocenters. The highest BCUT2D eigenvalue weighted by Gasteiger charge is 2.25. The molecule has 0 spiro atoms. The molecule has 0 saturated carbocycles. The molecule has 0 radical (unpaired) electrons. The third kappa shape index (κ3) is 4.70. The van der Waals surface area contributed by atoms with E-state index in [4.69, 9.17) is 33.0 Å². The second-order valence-electron chi connectivity index (χ2n) is 7.58. The molecule has 28 heavy (non-hydrogen) atoms. The summed E-state index contributed by atoms with van der Waals surface area (Å²) in [6.45, 7) is 7.58. The topological polar surface area (TPSA) is 56.1 Å². The molecule has 2 aromatic rings. The standard InChI is InChI=1S/C21H27Cl2N3O2/c1-4-19-20(21(27)24-12-15-6-5-9-28-15)18(10-13(2)3)25-26(19)14-7-8-16(22)17(23)11-14/h7-8,11,13,15H,4-6,9-10,12H2,1-3H3,(H,24,27)/t15-/m1/s1. The predicted molar refractivity (Wildman–Crippen MR) is 113 cm³/mol. The van der Waals surface area contributed by atoms with Crippen LogP contribution in [0.1, 0.15) is 55.4 Å². The Morgan fingerprint density at radius 2 is 2.14 bits per heavy atom. The fraction of sp³-hybridized carbons (Fsp3) is 0.524. The van der Waals surface area contributed by atoms with E-state index in [9.17, 15) is 4.79 Å². The Bertz CT molecular complexity index is 842. The van der Waals surface area contributed by atoms with Gasteiger partial charge in [-0.1, -0.05) is 44.0 Å². The molecule has 7 heteroatoms. The fourth-order valence-electron chi connectivity index (χ4n) is 3.55. The highest BCUT2D eigenvalue weighted by atomic mass is 35.5. The summed E-state index contributed by atoms with van der Waals surface area (Å²) < 4.78 is 7.45. The van der Waals surface area contributed by atoms with Crippen LogP contribution in [0.3, 0.4) is 0 Å². The van der Waals surface area contributed by atoms with Crippen LogP contribution in [0.4, 0.5) is 0 Å². The first-order chi connectivity index (χ1) is 13.4. The van der Waals surface area contributed by atoms with E-state index in [1.165, 1.54) is 0 Å². The van der Waals surface area contributed by atoms with E-state index in [1.54, 1.807) is 12.1 Å². The molecule has 0 bridgehead atoms. The number of hydrogen-bond acceptors (Lipinski definition) is 3. The molecule has 1 saturated heterocycles. The van der Waals surface area contributed by atoms with Gasteiger partial charge in [-0.2, -0.15) is 5.10 Å². The smallest absolute Gasteiger partial charge is 0.255 e. The molecule has 1 aliphatic rings. The third-order valence-corrected chi connectivity index (χ3v) is 5.62. The van der Waals surface area contributed by atoms with Crippen molar-refractivity contribution in [1.82, 2.24) is 15.1 Å². The zero-order chi connectivity index (χ0) is 20.3. The Kier molecular flexibility index (Phi) is 7.02. The normalized spacial score (nSPS) is 16.7. The van der Waals surface area contributed by atoms with Crippen LogP contribution in [0.2, 0.25) is 10.0 Å². The highest BCUT2D eigenvalue weighted by Crippen LogP contribution is 2.27. The predicted octanol–water partition coefficient (Wildman–Crippen LogP) is 4.85. The zero-order valence-electron chi connectivity index (χ0n) is 16.6. The minimum Gasteiger partial charge on any atom is -0.376 e. The van der Waals surface area contributed by atoms with Crippen LogP contribution in [0.5, 0.6) is 0 Å². The molecule has 2 heterocycles. The molecule has 1 fully saturated rings. The first-order valence-corrected chi connectivity index (χ1v) is 10.6. The van der Waals surface area contributed by atoms with Crippen molar-refractivity contribution < 1.29 is 9.53 Å².